The van der Waals surface area contributed by atoms with Gasteiger partial charge in [0.15, 0.2) is 0 Å². The molecule has 0 fully saturated rings. The monoisotopic (exact) mass is 206 g/mol. The second-order valence-corrected chi connectivity index (χ2v) is 1.32. The largest absolute Gasteiger partial charge is 0.490 e. The van der Waals surface area contributed by atoms with Crippen molar-refractivity contribution in [1.82, 2.24) is 0 Å². The van der Waals surface area contributed by atoms with E-state index in [1.165, 1.54) is 0 Å². The molecule has 0 amide bonds. The van der Waals surface area contributed by atoms with Gasteiger partial charge in [0.1, 0.15) is 0 Å². The first kappa shape index (κ1) is 17.7. The summed E-state index contributed by atoms with van der Waals surface area (Å²) in [5, 5.41) is 14.5. The van der Waals surface area contributed by atoms with E-state index in [0.717, 1.165) is 6.92 Å². The van der Waals surface area contributed by atoms with E-state index in [2.05, 4.69) is 11.7 Å². The molecule has 0 aliphatic heterocycles. The van der Waals surface area contributed by atoms with Gasteiger partial charge in [-0.05, 0) is 0 Å². The highest BCUT2D eigenvalue weighted by Gasteiger charge is 2.38. The summed E-state index contributed by atoms with van der Waals surface area (Å²) in [6, 6.07) is 0. The third-order valence-corrected chi connectivity index (χ3v) is 0.243. The van der Waals surface area contributed by atoms with Gasteiger partial charge in [0.2, 0.25) is 0 Å². The summed E-state index contributed by atoms with van der Waals surface area (Å²) in [6.45, 7) is 1.08. The number of hydrogen-bond acceptors (Lipinski definition) is 4. The van der Waals surface area contributed by atoms with Crippen LogP contribution in [0.3, 0.4) is 0 Å². The summed E-state index contributed by atoms with van der Waals surface area (Å²) in [7, 11) is 0. The fourth-order valence-electron chi connectivity index (χ4n) is 0. The number of rotatable bonds is 0. The highest BCUT2D eigenvalue weighted by atomic mass is 19.4. The number of carboxylic acids is 2. The molecular formula is C4H9F3N2O4. The standard InChI is InChI=1S/C2HF3O2.C2H4O2.H4N2/c3-2(4,5)1(6)7;1-2(3)4;1-2/h(H,6,7);1H3,(H,3,4);1-2H2. The lowest BCUT2D eigenvalue weighted by Gasteiger charge is -1.93. The van der Waals surface area contributed by atoms with Crippen molar-refractivity contribution in [2.45, 2.75) is 13.1 Å². The predicted octanol–water partition coefficient (Wildman–Crippen LogP) is -0.457. The maximum absolute atomic E-state index is 10.6. The summed E-state index contributed by atoms with van der Waals surface area (Å²) >= 11 is 0. The molecule has 0 unspecified atom stereocenters. The molecule has 80 valence electrons. The lowest BCUT2D eigenvalue weighted by Crippen LogP contribution is -2.21. The summed E-state index contributed by atoms with van der Waals surface area (Å²) < 4.78 is 31.7. The second-order valence-electron chi connectivity index (χ2n) is 1.32. The third kappa shape index (κ3) is 36.9. The molecule has 0 rings (SSSR count). The van der Waals surface area contributed by atoms with Crippen LogP contribution in [-0.4, -0.2) is 28.3 Å². The Hall–Kier alpha value is -1.35. The number of halogens is 3. The second kappa shape index (κ2) is 8.74. The number of carboxylic acid groups (broad SMARTS) is 2. The Labute approximate surface area is 70.9 Å². The van der Waals surface area contributed by atoms with Gasteiger partial charge in [-0.2, -0.15) is 13.2 Å². The molecule has 6 nitrogen and oxygen atoms in total. The average Bonchev–Trinajstić information content (AvgIpc) is 1.88. The van der Waals surface area contributed by atoms with Gasteiger partial charge in [0.25, 0.3) is 5.97 Å². The van der Waals surface area contributed by atoms with Crippen molar-refractivity contribution in [1.29, 1.82) is 0 Å². The van der Waals surface area contributed by atoms with E-state index >= 15 is 0 Å². The lowest BCUT2D eigenvalue weighted by molar-refractivity contribution is -0.192. The predicted molar refractivity (Wildman–Crippen MR) is 35.4 cm³/mol. The van der Waals surface area contributed by atoms with Gasteiger partial charge in [-0.1, -0.05) is 0 Å². The van der Waals surface area contributed by atoms with Crippen molar-refractivity contribution in [3.8, 4) is 0 Å². The molecule has 0 bridgehead atoms. The lowest BCUT2D eigenvalue weighted by atomic mass is 10.7. The van der Waals surface area contributed by atoms with E-state index in [1.54, 1.807) is 0 Å². The molecule has 13 heavy (non-hydrogen) atoms. The minimum atomic E-state index is -5.08. The zero-order valence-electron chi connectivity index (χ0n) is 6.50. The summed E-state index contributed by atoms with van der Waals surface area (Å²) in [6.07, 6.45) is -5.08. The Morgan fingerprint density at radius 3 is 1.23 bits per heavy atom. The van der Waals surface area contributed by atoms with Gasteiger partial charge in [-0.15, -0.1) is 0 Å². The molecule has 0 saturated carbocycles. The fourth-order valence-corrected chi connectivity index (χ4v) is 0. The van der Waals surface area contributed by atoms with E-state index in [9.17, 15) is 13.2 Å². The summed E-state index contributed by atoms with van der Waals surface area (Å²) in [4.78, 5) is 17.9. The molecule has 9 heteroatoms. The number of aliphatic carboxylic acids is 2. The molecule has 0 aliphatic carbocycles. The number of carbonyl (C=O) groups is 2. The molecule has 0 atom stereocenters. The first-order valence-electron chi connectivity index (χ1n) is 2.51. The van der Waals surface area contributed by atoms with Crippen molar-refractivity contribution < 1.29 is 33.0 Å². The normalized spacial score (nSPS) is 8.46. The molecular weight excluding hydrogens is 197 g/mol. The maximum Gasteiger partial charge on any atom is 0.490 e. The van der Waals surface area contributed by atoms with Crippen LogP contribution in [0.25, 0.3) is 0 Å². The molecule has 6 N–H and O–H groups in total. The van der Waals surface area contributed by atoms with Crippen LogP contribution < -0.4 is 11.7 Å². The van der Waals surface area contributed by atoms with Gasteiger partial charge in [0, 0.05) is 6.92 Å². The average molecular weight is 206 g/mol. The number of nitrogens with two attached hydrogens (primary N) is 2. The van der Waals surface area contributed by atoms with Crippen LogP contribution in [0.15, 0.2) is 0 Å². The zero-order chi connectivity index (χ0) is 11.7. The zero-order valence-corrected chi connectivity index (χ0v) is 6.50. The molecule has 0 heterocycles. The highest BCUT2D eigenvalue weighted by Crippen LogP contribution is 2.13. The molecule has 0 aromatic heterocycles. The van der Waals surface area contributed by atoms with E-state index < -0.39 is 18.1 Å². The van der Waals surface area contributed by atoms with Crippen LogP contribution in [0.4, 0.5) is 13.2 Å². The van der Waals surface area contributed by atoms with Crippen molar-refractivity contribution >= 4 is 11.9 Å². The minimum Gasteiger partial charge on any atom is -0.481 e. The quantitative estimate of drug-likeness (QED) is 0.314. The van der Waals surface area contributed by atoms with Crippen LogP contribution >= 0.6 is 0 Å². The van der Waals surface area contributed by atoms with Crippen LogP contribution in [0, 0.1) is 0 Å². The van der Waals surface area contributed by atoms with E-state index in [1.807, 2.05) is 0 Å². The topological polar surface area (TPSA) is 127 Å². The van der Waals surface area contributed by atoms with Gasteiger partial charge in [-0.3, -0.25) is 16.5 Å². The van der Waals surface area contributed by atoms with Crippen molar-refractivity contribution in [2.24, 2.45) is 11.7 Å². The smallest absolute Gasteiger partial charge is 0.481 e. The molecule has 0 spiro atoms. The van der Waals surface area contributed by atoms with E-state index in [4.69, 9.17) is 19.8 Å². The Morgan fingerprint density at radius 2 is 1.23 bits per heavy atom. The van der Waals surface area contributed by atoms with Gasteiger partial charge in [-0.25, -0.2) is 4.79 Å². The molecule has 0 aromatic rings. The molecule has 0 aromatic carbocycles. The first-order chi connectivity index (χ1) is 5.68. The van der Waals surface area contributed by atoms with Crippen LogP contribution in [-0.2, 0) is 9.59 Å². The number of hydrogen-bond donors (Lipinski definition) is 4. The summed E-state index contributed by atoms with van der Waals surface area (Å²) in [5.74, 6) is 4.41. The molecule has 0 aliphatic rings. The fraction of sp³-hybridized carbons (Fsp3) is 0.500. The highest BCUT2D eigenvalue weighted by molar-refractivity contribution is 5.73. The number of alkyl halides is 3. The van der Waals surface area contributed by atoms with Crippen molar-refractivity contribution in [3.63, 3.8) is 0 Å². The first-order valence-corrected chi connectivity index (χ1v) is 2.51. The Bertz CT molecular complexity index is 154. The van der Waals surface area contributed by atoms with Crippen LogP contribution in [0.1, 0.15) is 6.92 Å². The van der Waals surface area contributed by atoms with E-state index in [0.29, 0.717) is 0 Å². The van der Waals surface area contributed by atoms with Gasteiger partial charge >= 0.3 is 12.1 Å². The SMILES string of the molecule is CC(=O)O.NN.O=C(O)C(F)(F)F. The van der Waals surface area contributed by atoms with Gasteiger partial charge in [0.05, 0.1) is 0 Å². The van der Waals surface area contributed by atoms with E-state index in [-0.39, 0.29) is 0 Å². The third-order valence-electron chi connectivity index (χ3n) is 0.243. The number of hydrazine groups is 1. The van der Waals surface area contributed by atoms with Crippen molar-refractivity contribution in [2.75, 3.05) is 0 Å². The van der Waals surface area contributed by atoms with Crippen LogP contribution in [0.2, 0.25) is 0 Å². The summed E-state index contributed by atoms with van der Waals surface area (Å²) in [5.41, 5.74) is 0. The Balaban J connectivity index is -0.000000142. The van der Waals surface area contributed by atoms with Gasteiger partial charge < -0.3 is 10.2 Å². The Kier molecular flexibility index (Phi) is 11.9. The van der Waals surface area contributed by atoms with Crippen LogP contribution in [0.5, 0.6) is 0 Å². The van der Waals surface area contributed by atoms with Crippen molar-refractivity contribution in [3.05, 3.63) is 0 Å². The minimum absolute atomic E-state index is 0.833. The Morgan fingerprint density at radius 1 is 1.15 bits per heavy atom. The molecule has 0 radical (unpaired) electrons. The molecule has 0 saturated heterocycles. The maximum atomic E-state index is 10.6.